The molecule has 1 unspecified atom stereocenters. The average Bonchev–Trinajstić information content (AvgIpc) is 3.15. The van der Waals surface area contributed by atoms with Crippen molar-refractivity contribution < 1.29 is 18.7 Å². The number of hydrogen-bond donors (Lipinski definition) is 0. The van der Waals surface area contributed by atoms with E-state index in [4.69, 9.17) is 25.5 Å². The van der Waals surface area contributed by atoms with Crippen molar-refractivity contribution >= 4 is 28.5 Å². The highest BCUT2D eigenvalue weighted by molar-refractivity contribution is 6.31. The zero-order chi connectivity index (χ0) is 23.8. The molecule has 0 radical (unpaired) electrons. The maximum atomic E-state index is 13.6. The molecule has 1 atom stereocenters. The van der Waals surface area contributed by atoms with E-state index in [-0.39, 0.29) is 17.1 Å². The van der Waals surface area contributed by atoms with Crippen LogP contribution in [0.15, 0.2) is 75.9 Å². The summed E-state index contributed by atoms with van der Waals surface area (Å²) in [6, 6.07) is 19.3. The van der Waals surface area contributed by atoms with Crippen molar-refractivity contribution in [3.8, 4) is 11.5 Å². The molecule has 0 fully saturated rings. The Labute approximate surface area is 201 Å². The summed E-state index contributed by atoms with van der Waals surface area (Å²) in [7, 11) is 3.20. The van der Waals surface area contributed by atoms with E-state index < -0.39 is 6.04 Å². The number of nitrogens with zero attached hydrogens (tertiary/aromatic N) is 1. The maximum Gasteiger partial charge on any atom is 0.290 e. The lowest BCUT2D eigenvalue weighted by Gasteiger charge is -2.25. The first kappa shape index (κ1) is 22.0. The fraction of sp³-hybridized carbons (Fsp3) is 0.185. The Morgan fingerprint density at radius 3 is 2.44 bits per heavy atom. The molecule has 0 aliphatic carbocycles. The number of halogens is 1. The minimum atomic E-state index is -0.601. The summed E-state index contributed by atoms with van der Waals surface area (Å²) >= 11 is 6.15. The smallest absolute Gasteiger partial charge is 0.290 e. The highest BCUT2D eigenvalue weighted by Gasteiger charge is 2.42. The molecule has 0 N–H and O–H groups in total. The maximum absolute atomic E-state index is 13.6. The van der Waals surface area contributed by atoms with E-state index in [1.165, 1.54) is 0 Å². The number of fused-ring (bicyclic) bond motifs is 2. The number of carbonyl (C=O) groups is 1. The summed E-state index contributed by atoms with van der Waals surface area (Å²) in [6.45, 7) is 0.397. The Morgan fingerprint density at radius 1 is 0.941 bits per heavy atom. The molecular formula is C27H22ClNO5. The van der Waals surface area contributed by atoms with Crippen LogP contribution in [0.2, 0.25) is 5.02 Å². The fourth-order valence-electron chi connectivity index (χ4n) is 4.42. The Hall–Kier alpha value is -3.77. The second-order valence-corrected chi connectivity index (χ2v) is 8.53. The van der Waals surface area contributed by atoms with Crippen LogP contribution in [0.25, 0.3) is 11.0 Å². The van der Waals surface area contributed by atoms with Gasteiger partial charge in [-0.2, -0.15) is 0 Å². The van der Waals surface area contributed by atoms with Crippen LogP contribution < -0.4 is 14.9 Å². The number of rotatable bonds is 6. The van der Waals surface area contributed by atoms with Crippen LogP contribution in [0.5, 0.6) is 11.5 Å². The number of benzene rings is 3. The first-order chi connectivity index (χ1) is 16.5. The van der Waals surface area contributed by atoms with Crippen molar-refractivity contribution in [3.05, 3.63) is 104 Å². The minimum absolute atomic E-state index is 0.0716. The Kier molecular flexibility index (Phi) is 5.75. The molecule has 2 heterocycles. The molecule has 1 aromatic heterocycles. The van der Waals surface area contributed by atoms with Gasteiger partial charge in [0.25, 0.3) is 5.91 Å². The molecule has 5 rings (SSSR count). The predicted octanol–water partition coefficient (Wildman–Crippen LogP) is 5.25. The molecule has 6 nitrogen and oxygen atoms in total. The van der Waals surface area contributed by atoms with Gasteiger partial charge in [-0.1, -0.05) is 35.9 Å². The van der Waals surface area contributed by atoms with E-state index in [1.807, 2.05) is 48.5 Å². The lowest BCUT2D eigenvalue weighted by molar-refractivity contribution is 0.0730. The number of methoxy groups -OCH3 is 2. The molecule has 0 spiro atoms. The monoisotopic (exact) mass is 475 g/mol. The summed E-state index contributed by atoms with van der Waals surface area (Å²) in [5.41, 5.74) is 2.22. The van der Waals surface area contributed by atoms with Gasteiger partial charge in [0.15, 0.2) is 5.43 Å². The summed E-state index contributed by atoms with van der Waals surface area (Å²) in [5.74, 6) is 1.16. The summed E-state index contributed by atoms with van der Waals surface area (Å²) < 4.78 is 16.6. The van der Waals surface area contributed by atoms with Gasteiger partial charge in [-0.3, -0.25) is 9.59 Å². The number of hydrogen-bond acceptors (Lipinski definition) is 5. The third-order valence-corrected chi connectivity index (χ3v) is 6.37. The average molecular weight is 476 g/mol. The molecule has 4 aromatic rings. The third kappa shape index (κ3) is 3.80. The fourth-order valence-corrected chi connectivity index (χ4v) is 4.60. The number of amides is 1. The Bertz CT molecular complexity index is 1440. The first-order valence-electron chi connectivity index (χ1n) is 10.8. The van der Waals surface area contributed by atoms with Crippen LogP contribution in [-0.4, -0.2) is 31.6 Å². The van der Waals surface area contributed by atoms with Crippen LogP contribution in [-0.2, 0) is 6.42 Å². The molecule has 172 valence electrons. The van der Waals surface area contributed by atoms with Crippen LogP contribution in [0, 0.1) is 0 Å². The molecule has 0 bridgehead atoms. The molecule has 1 aliphatic rings. The lowest BCUT2D eigenvalue weighted by atomic mass is 9.98. The topological polar surface area (TPSA) is 69.0 Å². The largest absolute Gasteiger partial charge is 0.497 e. The van der Waals surface area contributed by atoms with E-state index in [9.17, 15) is 9.59 Å². The van der Waals surface area contributed by atoms with Gasteiger partial charge in [-0.25, -0.2) is 0 Å². The van der Waals surface area contributed by atoms with Gasteiger partial charge in [-0.05, 0) is 60.0 Å². The van der Waals surface area contributed by atoms with Crippen molar-refractivity contribution in [2.75, 3.05) is 20.8 Å². The standard InChI is InChI=1S/C27H22ClNO5/c1-32-19-9-6-16(7-10-19)12-13-29-24(17-4-3-5-20(14-17)33-2)23-25(30)21-15-18(28)8-11-22(21)34-26(23)27(29)31/h3-11,14-15,24H,12-13H2,1-2H3. The van der Waals surface area contributed by atoms with Gasteiger partial charge in [0.1, 0.15) is 17.1 Å². The summed E-state index contributed by atoms with van der Waals surface area (Å²) in [5, 5.41) is 0.780. The molecule has 1 amide bonds. The van der Waals surface area contributed by atoms with Gasteiger partial charge >= 0.3 is 0 Å². The second kappa shape index (κ2) is 8.88. The van der Waals surface area contributed by atoms with Gasteiger partial charge in [-0.15, -0.1) is 0 Å². The molecule has 34 heavy (non-hydrogen) atoms. The Balaban J connectivity index is 1.61. The zero-order valence-corrected chi connectivity index (χ0v) is 19.5. The van der Waals surface area contributed by atoms with E-state index >= 15 is 0 Å². The van der Waals surface area contributed by atoms with E-state index in [1.54, 1.807) is 37.3 Å². The highest BCUT2D eigenvalue weighted by atomic mass is 35.5. The summed E-state index contributed by atoms with van der Waals surface area (Å²) in [6.07, 6.45) is 0.601. The van der Waals surface area contributed by atoms with E-state index in [0.717, 1.165) is 16.9 Å². The molecular weight excluding hydrogens is 454 g/mol. The second-order valence-electron chi connectivity index (χ2n) is 8.09. The van der Waals surface area contributed by atoms with Crippen molar-refractivity contribution in [1.82, 2.24) is 4.90 Å². The van der Waals surface area contributed by atoms with Gasteiger partial charge in [0.2, 0.25) is 5.76 Å². The predicted molar refractivity (Wildman–Crippen MR) is 130 cm³/mol. The zero-order valence-electron chi connectivity index (χ0n) is 18.7. The summed E-state index contributed by atoms with van der Waals surface area (Å²) in [4.78, 5) is 28.8. The lowest BCUT2D eigenvalue weighted by Crippen LogP contribution is -2.31. The Morgan fingerprint density at radius 2 is 1.71 bits per heavy atom. The van der Waals surface area contributed by atoms with Gasteiger partial charge in [0, 0.05) is 11.6 Å². The molecule has 1 aliphatic heterocycles. The first-order valence-corrected chi connectivity index (χ1v) is 11.2. The van der Waals surface area contributed by atoms with E-state index in [2.05, 4.69) is 0 Å². The van der Waals surface area contributed by atoms with Crippen LogP contribution in [0.4, 0.5) is 0 Å². The molecule has 3 aromatic carbocycles. The number of carbonyl (C=O) groups excluding carboxylic acids is 1. The quantitative estimate of drug-likeness (QED) is 0.381. The molecule has 0 saturated carbocycles. The van der Waals surface area contributed by atoms with Gasteiger partial charge < -0.3 is 18.8 Å². The minimum Gasteiger partial charge on any atom is -0.497 e. The van der Waals surface area contributed by atoms with Gasteiger partial charge in [0.05, 0.1) is 31.2 Å². The molecule has 7 heteroatoms. The normalized spacial score (nSPS) is 15.0. The van der Waals surface area contributed by atoms with Crippen LogP contribution >= 0.6 is 11.6 Å². The van der Waals surface area contributed by atoms with Crippen molar-refractivity contribution in [1.29, 1.82) is 0 Å². The van der Waals surface area contributed by atoms with Crippen LogP contribution in [0.1, 0.15) is 33.3 Å². The van der Waals surface area contributed by atoms with Crippen molar-refractivity contribution in [2.45, 2.75) is 12.5 Å². The molecule has 0 saturated heterocycles. The number of ether oxygens (including phenoxy) is 2. The third-order valence-electron chi connectivity index (χ3n) is 6.14. The van der Waals surface area contributed by atoms with Crippen molar-refractivity contribution in [3.63, 3.8) is 0 Å². The van der Waals surface area contributed by atoms with E-state index in [0.29, 0.717) is 40.3 Å². The highest BCUT2D eigenvalue weighted by Crippen LogP contribution is 2.39. The van der Waals surface area contributed by atoms with Crippen LogP contribution in [0.3, 0.4) is 0 Å². The SMILES string of the molecule is COc1ccc(CCN2C(=O)c3oc4ccc(Cl)cc4c(=O)c3C2c2cccc(OC)c2)cc1. The van der Waals surface area contributed by atoms with Crippen molar-refractivity contribution in [2.24, 2.45) is 0 Å².